The largest absolute Gasteiger partial charge is 0.370 e. The van der Waals surface area contributed by atoms with Gasteiger partial charge >= 0.3 is 0 Å². The lowest BCUT2D eigenvalue weighted by atomic mass is 10.2. The lowest BCUT2D eigenvalue weighted by Crippen LogP contribution is -2.26. The molecule has 2 saturated heterocycles. The molecule has 2 heterocycles. The Bertz CT molecular complexity index is 305. The summed E-state index contributed by atoms with van der Waals surface area (Å²) in [4.78, 5) is 0. The quantitative estimate of drug-likeness (QED) is 0.682. The fourth-order valence-corrected chi connectivity index (χ4v) is 1.71. The van der Waals surface area contributed by atoms with Gasteiger partial charge in [-0.1, -0.05) is 30.3 Å². The minimum absolute atomic E-state index is 0.130. The number of rotatable bonds is 5. The standard InChI is InChI=1S/C12H14O3/c1-2-4-9(5-3-1)6-15-12(10-7-13-10)11-8-14-11/h1-5,10-12H,6-8H2/t10-,11-/m1/s1. The van der Waals surface area contributed by atoms with Gasteiger partial charge in [-0.2, -0.15) is 0 Å². The second-order valence-corrected chi connectivity index (χ2v) is 4.00. The Balaban J connectivity index is 1.55. The van der Waals surface area contributed by atoms with Crippen molar-refractivity contribution < 1.29 is 14.2 Å². The molecule has 0 N–H and O–H groups in total. The highest BCUT2D eigenvalue weighted by atomic mass is 16.6. The molecule has 0 unspecified atom stereocenters. The Morgan fingerprint density at radius 3 is 2.27 bits per heavy atom. The van der Waals surface area contributed by atoms with Crippen molar-refractivity contribution in [2.45, 2.75) is 24.9 Å². The zero-order valence-electron chi connectivity index (χ0n) is 8.46. The molecule has 80 valence electrons. The van der Waals surface area contributed by atoms with Crippen LogP contribution < -0.4 is 0 Å². The second kappa shape index (κ2) is 3.93. The van der Waals surface area contributed by atoms with Gasteiger partial charge in [-0.25, -0.2) is 0 Å². The van der Waals surface area contributed by atoms with E-state index in [-0.39, 0.29) is 18.3 Å². The molecule has 2 fully saturated rings. The zero-order valence-corrected chi connectivity index (χ0v) is 8.46. The SMILES string of the molecule is c1ccc(COC([C@H]2CO2)[C@H]2CO2)cc1. The first-order valence-electron chi connectivity index (χ1n) is 5.32. The predicted octanol–water partition coefficient (Wildman–Crippen LogP) is 1.37. The highest BCUT2D eigenvalue weighted by Crippen LogP contribution is 2.28. The molecule has 0 aliphatic carbocycles. The molecule has 0 radical (unpaired) electrons. The van der Waals surface area contributed by atoms with Crippen LogP contribution in [0.4, 0.5) is 0 Å². The van der Waals surface area contributed by atoms with Gasteiger partial charge in [-0.15, -0.1) is 0 Å². The Hall–Kier alpha value is -0.900. The minimum Gasteiger partial charge on any atom is -0.370 e. The molecule has 2 aliphatic rings. The van der Waals surface area contributed by atoms with Crippen molar-refractivity contribution in [3.8, 4) is 0 Å². The molecular formula is C12H14O3. The zero-order chi connectivity index (χ0) is 10.1. The molecule has 3 nitrogen and oxygen atoms in total. The third-order valence-electron chi connectivity index (χ3n) is 2.74. The smallest absolute Gasteiger partial charge is 0.115 e. The average Bonchev–Trinajstić information content (AvgIpc) is 3.14. The van der Waals surface area contributed by atoms with Gasteiger partial charge in [0.15, 0.2) is 0 Å². The van der Waals surface area contributed by atoms with Gasteiger partial charge in [0.25, 0.3) is 0 Å². The van der Waals surface area contributed by atoms with E-state index in [1.807, 2.05) is 18.2 Å². The van der Waals surface area contributed by atoms with E-state index in [1.54, 1.807) is 0 Å². The van der Waals surface area contributed by atoms with Gasteiger partial charge in [0, 0.05) is 0 Å². The topological polar surface area (TPSA) is 34.3 Å². The third kappa shape index (κ3) is 2.37. The highest BCUT2D eigenvalue weighted by molar-refractivity contribution is 5.13. The number of hydrogen-bond donors (Lipinski definition) is 0. The number of epoxide rings is 2. The van der Waals surface area contributed by atoms with Crippen LogP contribution in [0.15, 0.2) is 30.3 Å². The summed E-state index contributed by atoms with van der Waals surface area (Å²) in [5.74, 6) is 0. The Labute approximate surface area is 89.0 Å². The van der Waals surface area contributed by atoms with Gasteiger partial charge < -0.3 is 14.2 Å². The van der Waals surface area contributed by atoms with Crippen molar-refractivity contribution in [2.24, 2.45) is 0 Å². The summed E-state index contributed by atoms with van der Waals surface area (Å²) < 4.78 is 16.3. The van der Waals surface area contributed by atoms with E-state index in [0.717, 1.165) is 13.2 Å². The summed E-state index contributed by atoms with van der Waals surface area (Å²) in [6, 6.07) is 10.2. The molecule has 0 spiro atoms. The molecule has 3 heteroatoms. The van der Waals surface area contributed by atoms with E-state index in [1.165, 1.54) is 5.56 Å². The van der Waals surface area contributed by atoms with E-state index >= 15 is 0 Å². The van der Waals surface area contributed by atoms with E-state index in [4.69, 9.17) is 14.2 Å². The number of hydrogen-bond acceptors (Lipinski definition) is 3. The predicted molar refractivity (Wildman–Crippen MR) is 54.5 cm³/mol. The van der Waals surface area contributed by atoms with Crippen LogP contribution in [-0.4, -0.2) is 31.5 Å². The van der Waals surface area contributed by atoms with E-state index in [0.29, 0.717) is 6.61 Å². The van der Waals surface area contributed by atoms with Crippen molar-refractivity contribution >= 4 is 0 Å². The molecule has 0 aromatic heterocycles. The van der Waals surface area contributed by atoms with Crippen molar-refractivity contribution in [2.75, 3.05) is 13.2 Å². The fourth-order valence-electron chi connectivity index (χ4n) is 1.71. The summed E-state index contributed by atoms with van der Waals surface area (Å²) in [5, 5.41) is 0. The monoisotopic (exact) mass is 206 g/mol. The van der Waals surface area contributed by atoms with E-state index < -0.39 is 0 Å². The minimum atomic E-state index is 0.130. The maximum absolute atomic E-state index is 5.83. The molecule has 0 bridgehead atoms. The van der Waals surface area contributed by atoms with Crippen LogP contribution in [0.3, 0.4) is 0 Å². The summed E-state index contributed by atoms with van der Waals surface area (Å²) in [7, 11) is 0. The summed E-state index contributed by atoms with van der Waals surface area (Å²) in [6.07, 6.45) is 0.660. The fraction of sp³-hybridized carbons (Fsp3) is 0.500. The Kier molecular flexibility index (Phi) is 2.44. The molecule has 0 amide bonds. The van der Waals surface area contributed by atoms with Crippen molar-refractivity contribution in [1.82, 2.24) is 0 Å². The molecule has 2 atom stereocenters. The van der Waals surface area contributed by atoms with Crippen molar-refractivity contribution in [1.29, 1.82) is 0 Å². The van der Waals surface area contributed by atoms with Crippen LogP contribution in [0.25, 0.3) is 0 Å². The van der Waals surface area contributed by atoms with E-state index in [9.17, 15) is 0 Å². The molecule has 15 heavy (non-hydrogen) atoms. The molecule has 2 aliphatic heterocycles. The summed E-state index contributed by atoms with van der Waals surface area (Å²) >= 11 is 0. The maximum atomic E-state index is 5.83. The van der Waals surface area contributed by atoms with Crippen LogP contribution in [-0.2, 0) is 20.8 Å². The molecule has 3 rings (SSSR count). The molecular weight excluding hydrogens is 192 g/mol. The second-order valence-electron chi connectivity index (χ2n) is 4.00. The first kappa shape index (κ1) is 9.33. The number of benzene rings is 1. The first-order valence-corrected chi connectivity index (χ1v) is 5.32. The van der Waals surface area contributed by atoms with Gasteiger partial charge in [0.05, 0.1) is 19.8 Å². The van der Waals surface area contributed by atoms with Gasteiger partial charge in [-0.05, 0) is 5.56 Å². The molecule has 0 saturated carbocycles. The lowest BCUT2D eigenvalue weighted by Gasteiger charge is -2.12. The van der Waals surface area contributed by atoms with Gasteiger partial charge in [0.1, 0.15) is 18.3 Å². The van der Waals surface area contributed by atoms with E-state index in [2.05, 4.69) is 12.1 Å². The highest BCUT2D eigenvalue weighted by Gasteiger charge is 2.45. The maximum Gasteiger partial charge on any atom is 0.115 e. The summed E-state index contributed by atoms with van der Waals surface area (Å²) in [6.45, 7) is 2.28. The average molecular weight is 206 g/mol. The summed E-state index contributed by atoms with van der Waals surface area (Å²) in [5.41, 5.74) is 1.20. The third-order valence-corrected chi connectivity index (χ3v) is 2.74. The number of ether oxygens (including phenoxy) is 3. The molecule has 1 aromatic carbocycles. The van der Waals surface area contributed by atoms with Crippen LogP contribution >= 0.6 is 0 Å². The van der Waals surface area contributed by atoms with Crippen LogP contribution in [0, 0.1) is 0 Å². The van der Waals surface area contributed by atoms with Gasteiger partial charge in [-0.3, -0.25) is 0 Å². The Morgan fingerprint density at radius 2 is 1.73 bits per heavy atom. The van der Waals surface area contributed by atoms with Gasteiger partial charge in [0.2, 0.25) is 0 Å². The molecule has 1 aromatic rings. The van der Waals surface area contributed by atoms with Crippen LogP contribution in [0.2, 0.25) is 0 Å². The van der Waals surface area contributed by atoms with Crippen LogP contribution in [0.5, 0.6) is 0 Å². The Morgan fingerprint density at radius 1 is 1.13 bits per heavy atom. The van der Waals surface area contributed by atoms with Crippen molar-refractivity contribution in [3.63, 3.8) is 0 Å². The normalized spacial score (nSPS) is 28.1. The first-order chi connectivity index (χ1) is 7.43. The van der Waals surface area contributed by atoms with Crippen LogP contribution in [0.1, 0.15) is 5.56 Å². The van der Waals surface area contributed by atoms with Crippen molar-refractivity contribution in [3.05, 3.63) is 35.9 Å². The lowest BCUT2D eigenvalue weighted by molar-refractivity contribution is 0.00413.